The normalized spacial score (nSPS) is 10.5. The Morgan fingerprint density at radius 3 is 2.23 bits per heavy atom. The maximum atomic E-state index is 5.66. The lowest BCUT2D eigenvalue weighted by atomic mass is 10.2. The average molecular weight is 323 g/mol. The van der Waals surface area contributed by atoms with Crippen LogP contribution in [0, 0.1) is 0 Å². The largest absolute Gasteiger partial charge is 0.496 e. The molecule has 0 fully saturated rings. The Morgan fingerprint density at radius 1 is 1.05 bits per heavy atom. The Morgan fingerprint density at radius 2 is 1.73 bits per heavy atom. The summed E-state index contributed by atoms with van der Waals surface area (Å²) in [6.07, 6.45) is 1.56. The molecule has 0 atom stereocenters. The fraction of sp³-hybridized carbons (Fsp3) is 0.214. The zero-order valence-corrected chi connectivity index (χ0v) is 13.1. The van der Waals surface area contributed by atoms with Gasteiger partial charge in [0.1, 0.15) is 17.2 Å². The van der Waals surface area contributed by atoms with Gasteiger partial charge in [0.15, 0.2) is 11.0 Å². The third-order valence-corrected chi connectivity index (χ3v) is 2.96. The minimum atomic E-state index is 0.313. The van der Waals surface area contributed by atoms with E-state index in [0.29, 0.717) is 33.8 Å². The number of aromatic nitrogens is 2. The monoisotopic (exact) mass is 322 g/mol. The van der Waals surface area contributed by atoms with Gasteiger partial charge in [0.25, 0.3) is 0 Å². The minimum Gasteiger partial charge on any atom is -0.496 e. The van der Waals surface area contributed by atoms with Gasteiger partial charge in [0.05, 0.1) is 33.1 Å². The topological polar surface area (TPSA) is 77.9 Å². The lowest BCUT2D eigenvalue weighted by Gasteiger charge is -2.12. The molecule has 0 saturated carbocycles. The summed E-state index contributed by atoms with van der Waals surface area (Å²) in [5.41, 5.74) is 3.41. The molecule has 0 unspecified atom stereocenters. The SMILES string of the molecule is COc1cc(OC)c(/C=N/Nc2ccc(Cl)nn2)c(OC)c1. The molecule has 0 amide bonds. The van der Waals surface area contributed by atoms with Gasteiger partial charge < -0.3 is 14.2 Å². The van der Waals surface area contributed by atoms with Crippen molar-refractivity contribution in [3.05, 3.63) is 35.0 Å². The highest BCUT2D eigenvalue weighted by atomic mass is 35.5. The van der Waals surface area contributed by atoms with Gasteiger partial charge in [-0.2, -0.15) is 5.10 Å². The molecule has 0 radical (unpaired) electrons. The van der Waals surface area contributed by atoms with Gasteiger partial charge in [-0.1, -0.05) is 11.6 Å². The van der Waals surface area contributed by atoms with Crippen molar-refractivity contribution < 1.29 is 14.2 Å². The van der Waals surface area contributed by atoms with E-state index >= 15 is 0 Å². The van der Waals surface area contributed by atoms with E-state index < -0.39 is 0 Å². The van der Waals surface area contributed by atoms with E-state index in [1.54, 1.807) is 51.8 Å². The molecular weight excluding hydrogens is 308 g/mol. The van der Waals surface area contributed by atoms with Crippen molar-refractivity contribution in [2.75, 3.05) is 26.8 Å². The summed E-state index contributed by atoms with van der Waals surface area (Å²) < 4.78 is 15.8. The van der Waals surface area contributed by atoms with Crippen molar-refractivity contribution in [2.24, 2.45) is 5.10 Å². The number of hydrogen-bond donors (Lipinski definition) is 1. The predicted molar refractivity (Wildman–Crippen MR) is 84.4 cm³/mol. The first-order chi connectivity index (χ1) is 10.7. The van der Waals surface area contributed by atoms with Crippen LogP contribution in [0.15, 0.2) is 29.4 Å². The summed E-state index contributed by atoms with van der Waals surface area (Å²) >= 11 is 5.66. The van der Waals surface area contributed by atoms with Crippen LogP contribution in [0.25, 0.3) is 0 Å². The first-order valence-electron chi connectivity index (χ1n) is 6.26. The van der Waals surface area contributed by atoms with Crippen molar-refractivity contribution in [1.82, 2.24) is 10.2 Å². The van der Waals surface area contributed by atoms with Crippen molar-refractivity contribution in [1.29, 1.82) is 0 Å². The Kier molecular flexibility index (Phi) is 5.37. The maximum absolute atomic E-state index is 5.66. The lowest BCUT2D eigenvalue weighted by molar-refractivity contribution is 0.374. The Balaban J connectivity index is 2.23. The van der Waals surface area contributed by atoms with E-state index in [1.807, 2.05) is 0 Å². The summed E-state index contributed by atoms with van der Waals surface area (Å²) in [7, 11) is 4.69. The van der Waals surface area contributed by atoms with Crippen LogP contribution in [0.4, 0.5) is 5.82 Å². The summed E-state index contributed by atoms with van der Waals surface area (Å²) in [6, 6.07) is 6.76. The summed E-state index contributed by atoms with van der Waals surface area (Å²) in [5, 5.41) is 11.9. The van der Waals surface area contributed by atoms with Crippen LogP contribution in [0.5, 0.6) is 17.2 Å². The number of hydrogen-bond acceptors (Lipinski definition) is 7. The van der Waals surface area contributed by atoms with Crippen molar-refractivity contribution in [2.45, 2.75) is 0 Å². The molecule has 2 rings (SSSR count). The molecule has 1 aromatic heterocycles. The Labute approximate surface area is 132 Å². The molecule has 22 heavy (non-hydrogen) atoms. The predicted octanol–water partition coefficient (Wildman–Crippen LogP) is 2.60. The second-order valence-electron chi connectivity index (χ2n) is 4.06. The second-order valence-corrected chi connectivity index (χ2v) is 4.44. The molecule has 7 nitrogen and oxygen atoms in total. The van der Waals surface area contributed by atoms with Gasteiger partial charge in [-0.05, 0) is 12.1 Å². The Bertz CT molecular complexity index is 637. The van der Waals surface area contributed by atoms with Gasteiger partial charge in [-0.25, -0.2) is 0 Å². The van der Waals surface area contributed by atoms with Gasteiger partial charge in [-0.15, -0.1) is 10.2 Å². The first kappa shape index (κ1) is 15.8. The van der Waals surface area contributed by atoms with E-state index in [-0.39, 0.29) is 0 Å². The third-order valence-electron chi connectivity index (χ3n) is 2.76. The summed E-state index contributed by atoms with van der Waals surface area (Å²) in [5.74, 6) is 2.24. The second kappa shape index (κ2) is 7.46. The van der Waals surface area contributed by atoms with Gasteiger partial charge in [-0.3, -0.25) is 5.43 Å². The van der Waals surface area contributed by atoms with E-state index in [1.165, 1.54) is 0 Å². The first-order valence-corrected chi connectivity index (χ1v) is 6.64. The molecule has 1 N–H and O–H groups in total. The Hall–Kier alpha value is -2.54. The summed E-state index contributed by atoms with van der Waals surface area (Å²) in [4.78, 5) is 0. The number of ether oxygens (including phenoxy) is 3. The highest BCUT2D eigenvalue weighted by molar-refractivity contribution is 6.29. The standard InChI is InChI=1S/C14H15ClN4O3/c1-20-9-6-11(21-2)10(12(7-9)22-3)8-16-18-14-5-4-13(15)17-19-14/h4-8H,1-3H3,(H,18,19)/b16-8+. The van der Waals surface area contributed by atoms with Crippen molar-refractivity contribution in [3.8, 4) is 17.2 Å². The van der Waals surface area contributed by atoms with Crippen LogP contribution in [0.3, 0.4) is 0 Å². The van der Waals surface area contributed by atoms with Crippen LogP contribution >= 0.6 is 11.6 Å². The van der Waals surface area contributed by atoms with Crippen LogP contribution in [-0.2, 0) is 0 Å². The number of benzene rings is 1. The molecule has 0 aliphatic heterocycles. The molecular formula is C14H15ClN4O3. The van der Waals surface area contributed by atoms with Gasteiger partial charge in [0, 0.05) is 12.1 Å². The summed E-state index contributed by atoms with van der Waals surface area (Å²) in [6.45, 7) is 0. The fourth-order valence-corrected chi connectivity index (χ4v) is 1.80. The van der Waals surface area contributed by atoms with E-state index in [0.717, 1.165) is 0 Å². The molecule has 1 aromatic carbocycles. The molecule has 2 aromatic rings. The van der Waals surface area contributed by atoms with E-state index in [2.05, 4.69) is 20.7 Å². The molecule has 8 heteroatoms. The maximum Gasteiger partial charge on any atom is 0.168 e. The number of nitrogens with one attached hydrogen (secondary N) is 1. The average Bonchev–Trinajstić information content (AvgIpc) is 2.56. The smallest absolute Gasteiger partial charge is 0.168 e. The third kappa shape index (κ3) is 3.76. The number of hydrazone groups is 1. The van der Waals surface area contributed by atoms with Crippen molar-refractivity contribution in [3.63, 3.8) is 0 Å². The molecule has 116 valence electrons. The van der Waals surface area contributed by atoms with Crippen LogP contribution in [0.1, 0.15) is 5.56 Å². The number of halogens is 1. The van der Waals surface area contributed by atoms with Crippen LogP contribution < -0.4 is 19.6 Å². The number of methoxy groups -OCH3 is 3. The van der Waals surface area contributed by atoms with Crippen molar-refractivity contribution >= 4 is 23.6 Å². The highest BCUT2D eigenvalue weighted by Gasteiger charge is 2.11. The molecule has 0 aliphatic carbocycles. The quantitative estimate of drug-likeness (QED) is 0.650. The molecule has 1 heterocycles. The fourth-order valence-electron chi connectivity index (χ4n) is 1.70. The van der Waals surface area contributed by atoms with E-state index in [9.17, 15) is 0 Å². The van der Waals surface area contributed by atoms with E-state index in [4.69, 9.17) is 25.8 Å². The minimum absolute atomic E-state index is 0.313. The number of rotatable bonds is 6. The number of anilines is 1. The van der Waals surface area contributed by atoms with Gasteiger partial charge >= 0.3 is 0 Å². The zero-order chi connectivity index (χ0) is 15.9. The number of nitrogens with zero attached hydrogens (tertiary/aromatic N) is 3. The lowest BCUT2D eigenvalue weighted by Crippen LogP contribution is -2.00. The molecule has 0 aliphatic rings. The van der Waals surface area contributed by atoms with Crippen LogP contribution in [0.2, 0.25) is 5.15 Å². The van der Waals surface area contributed by atoms with Gasteiger partial charge in [0.2, 0.25) is 0 Å². The molecule has 0 spiro atoms. The molecule has 0 saturated heterocycles. The molecule has 0 bridgehead atoms. The highest BCUT2D eigenvalue weighted by Crippen LogP contribution is 2.32. The van der Waals surface area contributed by atoms with Crippen LogP contribution in [-0.4, -0.2) is 37.7 Å². The zero-order valence-electron chi connectivity index (χ0n) is 12.3.